The lowest BCUT2D eigenvalue weighted by Gasteiger charge is -2.12. The summed E-state index contributed by atoms with van der Waals surface area (Å²) >= 11 is 0. The Labute approximate surface area is 171 Å². The number of halogens is 1. The number of nitrogens with zero attached hydrogens (tertiary/aromatic N) is 3. The van der Waals surface area contributed by atoms with E-state index in [1.807, 2.05) is 25.1 Å². The molecule has 0 aliphatic heterocycles. The molecule has 0 aliphatic rings. The Morgan fingerprint density at radius 2 is 1.88 bits per heavy atom. The molecule has 2 rings (SSSR count). The van der Waals surface area contributed by atoms with E-state index in [-0.39, 0.29) is 24.0 Å². The van der Waals surface area contributed by atoms with Crippen LogP contribution in [0.15, 0.2) is 29.3 Å². The van der Waals surface area contributed by atoms with Crippen molar-refractivity contribution in [3.05, 3.63) is 30.1 Å². The summed E-state index contributed by atoms with van der Waals surface area (Å²) in [5.74, 6) is 1.66. The van der Waals surface area contributed by atoms with Crippen LogP contribution in [0, 0.1) is 6.92 Å². The molecule has 0 amide bonds. The first-order chi connectivity index (χ1) is 11.9. The highest BCUT2D eigenvalue weighted by atomic mass is 127. The fourth-order valence-electron chi connectivity index (χ4n) is 2.56. The molecule has 0 aliphatic carbocycles. The summed E-state index contributed by atoms with van der Waals surface area (Å²) in [6.07, 6.45) is 2.06. The predicted octanol–water partition coefficient (Wildman–Crippen LogP) is 1.07. The second-order valence-electron chi connectivity index (χ2n) is 5.75. The lowest BCUT2D eigenvalue weighted by Crippen LogP contribution is -2.41. The van der Waals surface area contributed by atoms with Crippen molar-refractivity contribution in [3.63, 3.8) is 0 Å². The largest absolute Gasteiger partial charge is 0.356 e. The SMILES string of the molecule is CN=C(NCCCn1c(C)nc2ccccc21)NCCNS(C)(=O)=O.I. The minimum atomic E-state index is -3.16. The van der Waals surface area contributed by atoms with E-state index in [4.69, 9.17) is 0 Å². The van der Waals surface area contributed by atoms with Gasteiger partial charge in [0, 0.05) is 33.2 Å². The first-order valence-corrected chi connectivity index (χ1v) is 10.1. The van der Waals surface area contributed by atoms with Crippen LogP contribution in [-0.2, 0) is 16.6 Å². The third-order valence-corrected chi connectivity index (χ3v) is 4.43. The minimum absolute atomic E-state index is 0. The minimum Gasteiger partial charge on any atom is -0.356 e. The van der Waals surface area contributed by atoms with Crippen molar-refractivity contribution in [2.75, 3.05) is 32.9 Å². The smallest absolute Gasteiger partial charge is 0.208 e. The molecular formula is C16H27IN6O2S. The molecule has 26 heavy (non-hydrogen) atoms. The Bertz CT molecular complexity index is 834. The molecule has 146 valence electrons. The standard InChI is InChI=1S/C16H26N6O2S.HI/c1-13-21-14-7-4-5-8-15(14)22(13)12-6-9-18-16(17-2)19-10-11-20-25(3,23)24;/h4-5,7-8,20H,6,9-12H2,1-3H3,(H2,17,18,19);1H. The molecule has 0 saturated carbocycles. The Hall–Kier alpha value is -1.40. The number of guanidine groups is 1. The fourth-order valence-corrected chi connectivity index (χ4v) is 3.03. The average molecular weight is 494 g/mol. The lowest BCUT2D eigenvalue weighted by molar-refractivity contribution is 0.586. The van der Waals surface area contributed by atoms with Crippen molar-refractivity contribution in [1.82, 2.24) is 24.9 Å². The number of nitrogens with one attached hydrogen (secondary N) is 3. The molecule has 8 nitrogen and oxygen atoms in total. The molecule has 0 fully saturated rings. The van der Waals surface area contributed by atoms with Gasteiger partial charge in [0.15, 0.2) is 5.96 Å². The van der Waals surface area contributed by atoms with Gasteiger partial charge in [-0.05, 0) is 25.5 Å². The van der Waals surface area contributed by atoms with E-state index in [1.54, 1.807) is 7.05 Å². The topological polar surface area (TPSA) is 100 Å². The Kier molecular flexibility index (Phi) is 9.30. The summed E-state index contributed by atoms with van der Waals surface area (Å²) < 4.78 is 26.6. The Morgan fingerprint density at radius 3 is 2.58 bits per heavy atom. The number of aliphatic imine (C=N–C) groups is 1. The molecule has 3 N–H and O–H groups in total. The van der Waals surface area contributed by atoms with Crippen molar-refractivity contribution in [1.29, 1.82) is 0 Å². The number of aryl methyl sites for hydroxylation is 2. The van der Waals surface area contributed by atoms with Gasteiger partial charge >= 0.3 is 0 Å². The molecule has 0 bridgehead atoms. The van der Waals surface area contributed by atoms with Gasteiger partial charge in [-0.3, -0.25) is 4.99 Å². The number of imidazole rings is 1. The van der Waals surface area contributed by atoms with Crippen LogP contribution in [0.4, 0.5) is 0 Å². The van der Waals surface area contributed by atoms with Gasteiger partial charge < -0.3 is 15.2 Å². The van der Waals surface area contributed by atoms with Crippen LogP contribution >= 0.6 is 24.0 Å². The average Bonchev–Trinajstić information content (AvgIpc) is 2.88. The number of aromatic nitrogens is 2. The van der Waals surface area contributed by atoms with Gasteiger partial charge in [-0.25, -0.2) is 18.1 Å². The van der Waals surface area contributed by atoms with Crippen LogP contribution < -0.4 is 15.4 Å². The predicted molar refractivity (Wildman–Crippen MR) is 117 cm³/mol. The van der Waals surface area contributed by atoms with Gasteiger partial charge in [-0.2, -0.15) is 0 Å². The molecule has 1 aromatic carbocycles. The van der Waals surface area contributed by atoms with Crippen LogP contribution in [0.1, 0.15) is 12.2 Å². The van der Waals surface area contributed by atoms with Gasteiger partial charge in [0.2, 0.25) is 10.0 Å². The molecule has 0 spiro atoms. The van der Waals surface area contributed by atoms with Crippen molar-refractivity contribution >= 4 is 51.0 Å². The van der Waals surface area contributed by atoms with Gasteiger partial charge in [-0.1, -0.05) is 12.1 Å². The maximum atomic E-state index is 11.0. The van der Waals surface area contributed by atoms with Gasteiger partial charge in [0.1, 0.15) is 5.82 Å². The van der Waals surface area contributed by atoms with E-state index in [0.29, 0.717) is 19.0 Å². The van der Waals surface area contributed by atoms with Crippen LogP contribution in [0.2, 0.25) is 0 Å². The van der Waals surface area contributed by atoms with E-state index in [2.05, 4.69) is 36.0 Å². The molecule has 1 aromatic heterocycles. The maximum absolute atomic E-state index is 11.0. The van der Waals surface area contributed by atoms with E-state index in [9.17, 15) is 8.42 Å². The number of hydrogen-bond acceptors (Lipinski definition) is 4. The summed E-state index contributed by atoms with van der Waals surface area (Å²) in [7, 11) is -1.47. The van der Waals surface area contributed by atoms with Gasteiger partial charge in [-0.15, -0.1) is 24.0 Å². The fraction of sp³-hybridized carbons (Fsp3) is 0.500. The summed E-state index contributed by atoms with van der Waals surface area (Å²) in [6.45, 7) is 4.43. The van der Waals surface area contributed by atoms with E-state index >= 15 is 0 Å². The monoisotopic (exact) mass is 494 g/mol. The van der Waals surface area contributed by atoms with Crippen molar-refractivity contribution in [2.24, 2.45) is 4.99 Å². The normalized spacial score (nSPS) is 12.0. The zero-order valence-corrected chi connectivity index (χ0v) is 18.5. The quantitative estimate of drug-likeness (QED) is 0.221. The molecule has 10 heteroatoms. The second-order valence-corrected chi connectivity index (χ2v) is 7.58. The summed E-state index contributed by atoms with van der Waals surface area (Å²) in [6, 6.07) is 8.12. The number of para-hydroxylation sites is 2. The molecule has 0 saturated heterocycles. The highest BCUT2D eigenvalue weighted by Gasteiger charge is 2.06. The summed E-state index contributed by atoms with van der Waals surface area (Å²) in [4.78, 5) is 8.69. The zero-order valence-electron chi connectivity index (χ0n) is 15.3. The number of fused-ring (bicyclic) bond motifs is 1. The second kappa shape index (κ2) is 10.7. The van der Waals surface area contributed by atoms with Crippen molar-refractivity contribution < 1.29 is 8.42 Å². The van der Waals surface area contributed by atoms with E-state index in [1.165, 1.54) is 0 Å². The Morgan fingerprint density at radius 1 is 1.19 bits per heavy atom. The summed E-state index contributed by atoms with van der Waals surface area (Å²) in [5, 5.41) is 6.29. The first kappa shape index (κ1) is 22.6. The van der Waals surface area contributed by atoms with Crippen LogP contribution in [-0.4, -0.2) is 56.9 Å². The van der Waals surface area contributed by atoms with E-state index in [0.717, 1.165) is 42.6 Å². The molecule has 1 heterocycles. The molecular weight excluding hydrogens is 467 g/mol. The maximum Gasteiger partial charge on any atom is 0.208 e. The molecule has 0 radical (unpaired) electrons. The van der Waals surface area contributed by atoms with Crippen LogP contribution in [0.5, 0.6) is 0 Å². The lowest BCUT2D eigenvalue weighted by atomic mass is 10.3. The highest BCUT2D eigenvalue weighted by Crippen LogP contribution is 2.15. The Balaban J connectivity index is 0.00000338. The third kappa shape index (κ3) is 7.08. The van der Waals surface area contributed by atoms with Gasteiger partial charge in [0.25, 0.3) is 0 Å². The number of rotatable bonds is 8. The molecule has 0 unspecified atom stereocenters. The van der Waals surface area contributed by atoms with Crippen LogP contribution in [0.25, 0.3) is 11.0 Å². The number of hydrogen-bond donors (Lipinski definition) is 3. The highest BCUT2D eigenvalue weighted by molar-refractivity contribution is 14.0. The van der Waals surface area contributed by atoms with Crippen LogP contribution in [0.3, 0.4) is 0 Å². The number of sulfonamides is 1. The van der Waals surface area contributed by atoms with Crippen molar-refractivity contribution in [3.8, 4) is 0 Å². The summed E-state index contributed by atoms with van der Waals surface area (Å²) in [5.41, 5.74) is 2.16. The third-order valence-electron chi connectivity index (χ3n) is 3.70. The van der Waals surface area contributed by atoms with Gasteiger partial charge in [0.05, 0.1) is 17.3 Å². The number of benzene rings is 1. The molecule has 2 aromatic rings. The van der Waals surface area contributed by atoms with E-state index < -0.39 is 10.0 Å². The van der Waals surface area contributed by atoms with Crippen molar-refractivity contribution in [2.45, 2.75) is 19.9 Å². The first-order valence-electron chi connectivity index (χ1n) is 8.22. The molecule has 0 atom stereocenters. The zero-order chi connectivity index (χ0) is 18.3.